The van der Waals surface area contributed by atoms with Crippen LogP contribution in [0.1, 0.15) is 11.5 Å². The van der Waals surface area contributed by atoms with Crippen LogP contribution in [0, 0.1) is 12.7 Å². The van der Waals surface area contributed by atoms with Gasteiger partial charge in [0.2, 0.25) is 0 Å². The molecule has 0 aliphatic carbocycles. The van der Waals surface area contributed by atoms with Gasteiger partial charge in [-0.3, -0.25) is 0 Å². The summed E-state index contributed by atoms with van der Waals surface area (Å²) in [6.07, 6.45) is 0. The van der Waals surface area contributed by atoms with E-state index in [-0.39, 0.29) is 11.5 Å². The van der Waals surface area contributed by atoms with Crippen molar-refractivity contribution in [1.82, 2.24) is 0 Å². The molecule has 1 aromatic heterocycles. The van der Waals surface area contributed by atoms with Gasteiger partial charge < -0.3 is 19.8 Å². The average molecular weight is 264 g/mol. The van der Waals surface area contributed by atoms with Gasteiger partial charge in [-0.05, 0) is 19.1 Å². The second-order valence-corrected chi connectivity index (χ2v) is 4.41. The molecule has 1 heterocycles. The van der Waals surface area contributed by atoms with Gasteiger partial charge in [-0.1, -0.05) is 0 Å². The lowest BCUT2D eigenvalue weighted by Crippen LogP contribution is -2.17. The Balaban J connectivity index is 2.25. The van der Waals surface area contributed by atoms with Crippen molar-refractivity contribution in [1.29, 1.82) is 0 Å². The molecule has 0 saturated carbocycles. The first-order valence-electron chi connectivity index (χ1n) is 5.90. The lowest BCUT2D eigenvalue weighted by Gasteiger charge is -2.20. The number of hydrogen-bond donors (Lipinski definition) is 1. The Morgan fingerprint density at radius 1 is 1.37 bits per heavy atom. The van der Waals surface area contributed by atoms with E-state index in [9.17, 15) is 4.39 Å². The third-order valence-corrected chi connectivity index (χ3v) is 2.90. The zero-order valence-corrected chi connectivity index (χ0v) is 11.2. The molecule has 4 nitrogen and oxygen atoms in total. The number of benzene rings is 1. The summed E-state index contributed by atoms with van der Waals surface area (Å²) in [5.74, 6) is 1.68. The maximum atomic E-state index is 13.9. The van der Waals surface area contributed by atoms with E-state index in [1.165, 1.54) is 13.2 Å². The SMILES string of the molecule is COc1cc(N(C)Cc2ccc(C)o2)c(F)cc1N. The van der Waals surface area contributed by atoms with Crippen LogP contribution in [-0.2, 0) is 6.54 Å². The predicted molar refractivity (Wildman–Crippen MR) is 72.9 cm³/mol. The zero-order valence-electron chi connectivity index (χ0n) is 11.2. The highest BCUT2D eigenvalue weighted by atomic mass is 19.1. The normalized spacial score (nSPS) is 10.5. The summed E-state index contributed by atoms with van der Waals surface area (Å²) in [6.45, 7) is 2.34. The van der Waals surface area contributed by atoms with Crippen molar-refractivity contribution >= 4 is 11.4 Å². The molecule has 0 aliphatic rings. The van der Waals surface area contributed by atoms with Gasteiger partial charge in [0.05, 0.1) is 25.0 Å². The highest BCUT2D eigenvalue weighted by Gasteiger charge is 2.13. The number of hydrogen-bond acceptors (Lipinski definition) is 4. The van der Waals surface area contributed by atoms with Crippen LogP contribution in [0.25, 0.3) is 0 Å². The van der Waals surface area contributed by atoms with Crippen LogP contribution in [0.15, 0.2) is 28.7 Å². The van der Waals surface area contributed by atoms with Gasteiger partial charge in [-0.25, -0.2) is 4.39 Å². The number of methoxy groups -OCH3 is 1. The smallest absolute Gasteiger partial charge is 0.148 e. The number of nitrogen functional groups attached to an aromatic ring is 1. The fourth-order valence-corrected chi connectivity index (χ4v) is 1.92. The monoisotopic (exact) mass is 264 g/mol. The summed E-state index contributed by atoms with van der Waals surface area (Å²) in [5.41, 5.74) is 6.35. The Kier molecular flexibility index (Phi) is 3.64. The van der Waals surface area contributed by atoms with Crippen LogP contribution >= 0.6 is 0 Å². The minimum absolute atomic E-state index is 0.283. The van der Waals surface area contributed by atoms with Crippen molar-refractivity contribution in [3.8, 4) is 5.75 Å². The van der Waals surface area contributed by atoms with E-state index in [1.807, 2.05) is 19.1 Å². The highest BCUT2D eigenvalue weighted by molar-refractivity contribution is 5.63. The predicted octanol–water partition coefficient (Wildman–Crippen LogP) is 2.95. The van der Waals surface area contributed by atoms with Crippen molar-refractivity contribution in [3.05, 3.63) is 41.6 Å². The van der Waals surface area contributed by atoms with Crippen LogP contribution in [0.3, 0.4) is 0 Å². The third kappa shape index (κ3) is 2.81. The molecule has 5 heteroatoms. The van der Waals surface area contributed by atoms with Crippen molar-refractivity contribution in [2.45, 2.75) is 13.5 Å². The van der Waals surface area contributed by atoms with E-state index in [2.05, 4.69) is 0 Å². The number of furan rings is 1. The Labute approximate surface area is 111 Å². The Hall–Kier alpha value is -2.17. The van der Waals surface area contributed by atoms with E-state index < -0.39 is 0 Å². The molecule has 2 N–H and O–H groups in total. The van der Waals surface area contributed by atoms with Gasteiger partial charge in [0.1, 0.15) is 23.1 Å². The number of aryl methyl sites for hydroxylation is 1. The minimum atomic E-state index is -0.385. The summed E-state index contributed by atoms with van der Waals surface area (Å²) < 4.78 is 24.5. The molecule has 0 amide bonds. The Morgan fingerprint density at radius 2 is 2.11 bits per heavy atom. The number of nitrogens with zero attached hydrogens (tertiary/aromatic N) is 1. The van der Waals surface area contributed by atoms with Gasteiger partial charge in [-0.15, -0.1) is 0 Å². The second-order valence-electron chi connectivity index (χ2n) is 4.41. The van der Waals surface area contributed by atoms with Gasteiger partial charge >= 0.3 is 0 Å². The molecule has 0 spiro atoms. The second kappa shape index (κ2) is 5.22. The quantitative estimate of drug-likeness (QED) is 0.863. The number of ether oxygens (including phenoxy) is 1. The third-order valence-electron chi connectivity index (χ3n) is 2.90. The van der Waals surface area contributed by atoms with Crippen LogP contribution < -0.4 is 15.4 Å². The van der Waals surface area contributed by atoms with Crippen molar-refractivity contribution in [2.24, 2.45) is 0 Å². The van der Waals surface area contributed by atoms with Crippen LogP contribution in [-0.4, -0.2) is 14.2 Å². The molecular formula is C14H17FN2O2. The van der Waals surface area contributed by atoms with Crippen LogP contribution in [0.2, 0.25) is 0 Å². The maximum absolute atomic E-state index is 13.9. The molecule has 0 unspecified atom stereocenters. The van der Waals surface area contributed by atoms with Gasteiger partial charge in [0, 0.05) is 19.2 Å². The molecule has 0 fully saturated rings. The van der Waals surface area contributed by atoms with Gasteiger partial charge in [0.25, 0.3) is 0 Å². The Morgan fingerprint density at radius 3 is 2.68 bits per heavy atom. The fraction of sp³-hybridized carbons (Fsp3) is 0.286. The first kappa shape index (κ1) is 13.3. The first-order valence-corrected chi connectivity index (χ1v) is 5.90. The summed E-state index contributed by atoms with van der Waals surface area (Å²) in [6, 6.07) is 6.60. The molecule has 0 radical (unpaired) electrons. The molecule has 2 rings (SSSR count). The lowest BCUT2D eigenvalue weighted by molar-refractivity contribution is 0.416. The van der Waals surface area contributed by atoms with Gasteiger partial charge in [0.15, 0.2) is 0 Å². The Bertz CT molecular complexity index is 581. The van der Waals surface area contributed by atoms with E-state index >= 15 is 0 Å². The molecule has 1 aromatic carbocycles. The number of anilines is 2. The fourth-order valence-electron chi connectivity index (χ4n) is 1.92. The topological polar surface area (TPSA) is 51.6 Å². The maximum Gasteiger partial charge on any atom is 0.148 e. The minimum Gasteiger partial charge on any atom is -0.495 e. The first-order chi connectivity index (χ1) is 9.01. The standard InChI is InChI=1S/C14H17FN2O2/c1-9-4-5-10(19-9)8-17(2)13-7-14(18-3)12(16)6-11(13)15/h4-7H,8,16H2,1-3H3. The van der Waals surface area contributed by atoms with Crippen LogP contribution in [0.5, 0.6) is 5.75 Å². The number of halogens is 1. The zero-order chi connectivity index (χ0) is 14.0. The molecule has 0 aliphatic heterocycles. The summed E-state index contributed by atoms with van der Waals surface area (Å²) in [5, 5.41) is 0. The molecule has 2 aromatic rings. The highest BCUT2D eigenvalue weighted by Crippen LogP contribution is 2.30. The molecular weight excluding hydrogens is 247 g/mol. The number of rotatable bonds is 4. The molecule has 0 atom stereocenters. The van der Waals surface area contributed by atoms with Crippen molar-refractivity contribution in [2.75, 3.05) is 24.8 Å². The van der Waals surface area contributed by atoms with Crippen LogP contribution in [0.4, 0.5) is 15.8 Å². The van der Waals surface area contributed by atoms with Crippen molar-refractivity contribution in [3.63, 3.8) is 0 Å². The van der Waals surface area contributed by atoms with E-state index in [1.54, 1.807) is 18.0 Å². The molecule has 0 saturated heterocycles. The molecule has 102 valence electrons. The average Bonchev–Trinajstić information content (AvgIpc) is 2.74. The van der Waals surface area contributed by atoms with Gasteiger partial charge in [-0.2, -0.15) is 0 Å². The van der Waals surface area contributed by atoms with E-state index in [0.717, 1.165) is 11.5 Å². The lowest BCUT2D eigenvalue weighted by atomic mass is 10.2. The van der Waals surface area contributed by atoms with E-state index in [0.29, 0.717) is 18.0 Å². The summed E-state index contributed by atoms with van der Waals surface area (Å²) >= 11 is 0. The summed E-state index contributed by atoms with van der Waals surface area (Å²) in [4.78, 5) is 1.75. The summed E-state index contributed by atoms with van der Waals surface area (Å²) in [7, 11) is 3.29. The number of nitrogens with two attached hydrogens (primary N) is 1. The van der Waals surface area contributed by atoms with E-state index in [4.69, 9.17) is 14.9 Å². The molecule has 19 heavy (non-hydrogen) atoms. The molecule has 0 bridgehead atoms. The van der Waals surface area contributed by atoms with Crippen molar-refractivity contribution < 1.29 is 13.5 Å². The largest absolute Gasteiger partial charge is 0.495 e.